The molecule has 2 aromatic carbocycles. The van der Waals surface area contributed by atoms with Gasteiger partial charge in [0.2, 0.25) is 5.91 Å². The molecule has 1 unspecified atom stereocenters. The number of benzene rings is 2. The Morgan fingerprint density at radius 3 is 2.69 bits per heavy atom. The highest BCUT2D eigenvalue weighted by Gasteiger charge is 2.31. The number of nitrogens with zero attached hydrogens (tertiary/aromatic N) is 4. The van der Waals surface area contributed by atoms with E-state index in [-0.39, 0.29) is 11.9 Å². The Balaban J connectivity index is 1.50. The molecule has 3 heterocycles. The molecule has 1 amide bonds. The van der Waals surface area contributed by atoms with E-state index in [9.17, 15) is 4.79 Å². The van der Waals surface area contributed by atoms with Gasteiger partial charge < -0.3 is 9.47 Å². The van der Waals surface area contributed by atoms with Gasteiger partial charge in [0.25, 0.3) is 0 Å². The molecule has 29 heavy (non-hydrogen) atoms. The van der Waals surface area contributed by atoms with Crippen molar-refractivity contribution in [2.24, 2.45) is 7.05 Å². The molecule has 1 atom stereocenters. The van der Waals surface area contributed by atoms with Crippen LogP contribution in [0.25, 0.3) is 22.2 Å². The third kappa shape index (κ3) is 3.23. The van der Waals surface area contributed by atoms with Gasteiger partial charge in [-0.25, -0.2) is 0 Å². The second-order valence-electron chi connectivity index (χ2n) is 7.73. The zero-order valence-electron chi connectivity index (χ0n) is 16.5. The van der Waals surface area contributed by atoms with E-state index in [2.05, 4.69) is 40.0 Å². The first-order valence-corrected chi connectivity index (χ1v) is 10.1. The molecule has 2 aromatic heterocycles. The monoisotopic (exact) mass is 384 g/mol. The van der Waals surface area contributed by atoms with Gasteiger partial charge in [0, 0.05) is 41.9 Å². The maximum absolute atomic E-state index is 13.4. The van der Waals surface area contributed by atoms with Crippen molar-refractivity contribution in [1.29, 1.82) is 0 Å². The standard InChI is InChI=1S/C24H24N4O/c1-26-16-20(15-25-26)22-12-7-13-27(22)24(29)17-28-21-11-6-5-10-19(21)14-23(28)18-8-3-2-4-9-18/h2-6,8-11,14-16,22H,7,12-13,17H2,1H3. The van der Waals surface area contributed by atoms with Crippen molar-refractivity contribution >= 4 is 16.8 Å². The second-order valence-corrected chi connectivity index (χ2v) is 7.73. The Bertz CT molecular complexity index is 1160. The van der Waals surface area contributed by atoms with Crippen LogP contribution in [-0.4, -0.2) is 31.7 Å². The van der Waals surface area contributed by atoms with Crippen molar-refractivity contribution in [3.05, 3.63) is 78.6 Å². The number of fused-ring (bicyclic) bond motifs is 1. The molecule has 0 aliphatic carbocycles. The number of likely N-dealkylation sites (tertiary alicyclic amines) is 1. The maximum Gasteiger partial charge on any atom is 0.243 e. The van der Waals surface area contributed by atoms with Crippen molar-refractivity contribution in [2.75, 3.05) is 6.54 Å². The fraction of sp³-hybridized carbons (Fsp3) is 0.250. The van der Waals surface area contributed by atoms with Crippen LogP contribution in [0.1, 0.15) is 24.4 Å². The van der Waals surface area contributed by atoms with Crippen molar-refractivity contribution in [3.8, 4) is 11.3 Å². The molecule has 1 aliphatic heterocycles. The summed E-state index contributed by atoms with van der Waals surface area (Å²) >= 11 is 0. The van der Waals surface area contributed by atoms with Gasteiger partial charge in [0.05, 0.1) is 12.2 Å². The lowest BCUT2D eigenvalue weighted by Crippen LogP contribution is -2.33. The van der Waals surface area contributed by atoms with Gasteiger partial charge >= 0.3 is 0 Å². The average Bonchev–Trinajstić information content (AvgIpc) is 3.47. The highest BCUT2D eigenvalue weighted by molar-refractivity contribution is 5.89. The Morgan fingerprint density at radius 2 is 1.90 bits per heavy atom. The number of aryl methyl sites for hydroxylation is 1. The number of carbonyl (C=O) groups excluding carboxylic acids is 1. The lowest BCUT2D eigenvalue weighted by molar-refractivity contribution is -0.132. The predicted octanol–water partition coefficient (Wildman–Crippen LogP) is 4.41. The third-order valence-electron chi connectivity index (χ3n) is 5.86. The van der Waals surface area contributed by atoms with Crippen molar-refractivity contribution < 1.29 is 4.79 Å². The molecule has 146 valence electrons. The summed E-state index contributed by atoms with van der Waals surface area (Å²) in [6, 6.07) is 20.9. The molecule has 4 aromatic rings. The summed E-state index contributed by atoms with van der Waals surface area (Å²) in [5.74, 6) is 0.162. The molecule has 1 fully saturated rings. The molecule has 0 spiro atoms. The molecule has 0 bridgehead atoms. The summed E-state index contributed by atoms with van der Waals surface area (Å²) in [6.45, 7) is 1.15. The summed E-state index contributed by atoms with van der Waals surface area (Å²) in [5.41, 5.74) is 4.43. The molecule has 1 saturated heterocycles. The second kappa shape index (κ2) is 7.24. The molecule has 5 heteroatoms. The third-order valence-corrected chi connectivity index (χ3v) is 5.86. The fourth-order valence-electron chi connectivity index (χ4n) is 4.48. The van der Waals surface area contributed by atoms with E-state index >= 15 is 0 Å². The number of para-hydroxylation sites is 1. The van der Waals surface area contributed by atoms with E-state index in [1.807, 2.05) is 59.4 Å². The number of hydrogen-bond acceptors (Lipinski definition) is 2. The first-order valence-electron chi connectivity index (χ1n) is 10.1. The normalized spacial score (nSPS) is 16.6. The van der Waals surface area contributed by atoms with Crippen molar-refractivity contribution in [2.45, 2.75) is 25.4 Å². The van der Waals surface area contributed by atoms with Gasteiger partial charge in [0.15, 0.2) is 0 Å². The Kier molecular flexibility index (Phi) is 4.43. The minimum Gasteiger partial charge on any atom is -0.334 e. The van der Waals surface area contributed by atoms with Crippen LogP contribution < -0.4 is 0 Å². The lowest BCUT2D eigenvalue weighted by atomic mass is 10.1. The molecule has 0 N–H and O–H groups in total. The Labute approximate surface area is 170 Å². The van der Waals surface area contributed by atoms with Gasteiger partial charge in [-0.1, -0.05) is 48.5 Å². The highest BCUT2D eigenvalue weighted by atomic mass is 16.2. The van der Waals surface area contributed by atoms with Crippen LogP contribution in [0.4, 0.5) is 0 Å². The Hall–Kier alpha value is -3.34. The molecule has 0 saturated carbocycles. The van der Waals surface area contributed by atoms with E-state index in [1.165, 1.54) is 0 Å². The molecular weight excluding hydrogens is 360 g/mol. The molecule has 1 aliphatic rings. The largest absolute Gasteiger partial charge is 0.334 e. The van der Waals surface area contributed by atoms with Crippen LogP contribution in [0, 0.1) is 0 Å². The summed E-state index contributed by atoms with van der Waals surface area (Å²) in [4.78, 5) is 15.4. The van der Waals surface area contributed by atoms with Gasteiger partial charge in [-0.15, -0.1) is 0 Å². The van der Waals surface area contributed by atoms with Crippen molar-refractivity contribution in [1.82, 2.24) is 19.2 Å². The number of aromatic nitrogens is 3. The number of hydrogen-bond donors (Lipinski definition) is 0. The molecular formula is C24H24N4O. The minimum atomic E-state index is 0.123. The quantitative estimate of drug-likeness (QED) is 0.523. The zero-order valence-corrected chi connectivity index (χ0v) is 16.5. The Morgan fingerprint density at radius 1 is 1.10 bits per heavy atom. The van der Waals surface area contributed by atoms with Crippen LogP contribution >= 0.6 is 0 Å². The lowest BCUT2D eigenvalue weighted by Gasteiger charge is -2.25. The van der Waals surface area contributed by atoms with Crippen LogP contribution in [0.3, 0.4) is 0 Å². The average molecular weight is 384 g/mol. The number of amides is 1. The SMILES string of the molecule is Cn1cc(C2CCCN2C(=O)Cn2c(-c3ccccc3)cc3ccccc32)cn1. The van der Waals surface area contributed by atoms with Gasteiger partial charge in [-0.2, -0.15) is 5.10 Å². The maximum atomic E-state index is 13.4. The summed E-state index contributed by atoms with van der Waals surface area (Å²) in [7, 11) is 1.92. The number of rotatable bonds is 4. The minimum absolute atomic E-state index is 0.123. The molecule has 5 nitrogen and oxygen atoms in total. The summed E-state index contributed by atoms with van der Waals surface area (Å²) < 4.78 is 3.97. The predicted molar refractivity (Wildman–Crippen MR) is 114 cm³/mol. The van der Waals surface area contributed by atoms with Crippen LogP contribution in [0.5, 0.6) is 0 Å². The van der Waals surface area contributed by atoms with E-state index < -0.39 is 0 Å². The highest BCUT2D eigenvalue weighted by Crippen LogP contribution is 2.33. The summed E-state index contributed by atoms with van der Waals surface area (Å²) in [6.07, 6.45) is 5.94. The first-order chi connectivity index (χ1) is 14.2. The van der Waals surface area contributed by atoms with Gasteiger partial charge in [0.1, 0.15) is 6.54 Å². The molecule has 0 radical (unpaired) electrons. The van der Waals surface area contributed by atoms with Crippen LogP contribution in [0.2, 0.25) is 0 Å². The van der Waals surface area contributed by atoms with E-state index in [0.717, 1.165) is 47.1 Å². The summed E-state index contributed by atoms with van der Waals surface area (Å²) in [5, 5.41) is 5.46. The smallest absolute Gasteiger partial charge is 0.243 e. The van der Waals surface area contributed by atoms with E-state index in [4.69, 9.17) is 0 Å². The first kappa shape index (κ1) is 17.7. The topological polar surface area (TPSA) is 43.1 Å². The van der Waals surface area contributed by atoms with E-state index in [1.54, 1.807) is 0 Å². The van der Waals surface area contributed by atoms with Gasteiger partial charge in [-0.3, -0.25) is 9.48 Å². The van der Waals surface area contributed by atoms with E-state index in [0.29, 0.717) is 6.54 Å². The fourth-order valence-corrected chi connectivity index (χ4v) is 4.48. The molecule has 5 rings (SSSR count). The van der Waals surface area contributed by atoms with Gasteiger partial charge in [-0.05, 0) is 30.5 Å². The number of carbonyl (C=O) groups is 1. The van der Waals surface area contributed by atoms with Crippen molar-refractivity contribution in [3.63, 3.8) is 0 Å². The van der Waals surface area contributed by atoms with Crippen LogP contribution in [0.15, 0.2) is 73.1 Å². The zero-order chi connectivity index (χ0) is 19.8. The van der Waals surface area contributed by atoms with Crippen LogP contribution in [-0.2, 0) is 18.4 Å².